The first-order valence-corrected chi connectivity index (χ1v) is 7.01. The number of hydrogen-bond donors (Lipinski definition) is 1. The van der Waals surface area contributed by atoms with Crippen LogP contribution in [0.5, 0.6) is 5.75 Å². The molecule has 0 atom stereocenters. The van der Waals surface area contributed by atoms with Gasteiger partial charge < -0.3 is 10.1 Å². The van der Waals surface area contributed by atoms with Crippen LogP contribution in [0.1, 0.15) is 21.5 Å². The van der Waals surface area contributed by atoms with Crippen LogP contribution in [0, 0.1) is 6.92 Å². The smallest absolute Gasteiger partial charge is 0.251 e. The van der Waals surface area contributed by atoms with Gasteiger partial charge in [0.1, 0.15) is 5.75 Å². The topological polar surface area (TPSA) is 51.2 Å². The lowest BCUT2D eigenvalue weighted by atomic mass is 10.1. The Bertz CT molecular complexity index is 630. The number of carbonyl (C=O) groups is 1. The van der Waals surface area contributed by atoms with Crippen molar-refractivity contribution in [2.75, 3.05) is 13.7 Å². The molecule has 0 bridgehead atoms. The van der Waals surface area contributed by atoms with Gasteiger partial charge >= 0.3 is 0 Å². The van der Waals surface area contributed by atoms with Gasteiger partial charge in [-0.3, -0.25) is 9.78 Å². The van der Waals surface area contributed by atoms with Crippen molar-refractivity contribution in [2.45, 2.75) is 13.3 Å². The Labute approximate surface area is 129 Å². The number of carbonyl (C=O) groups excluding carboxylic acids is 1. The van der Waals surface area contributed by atoms with Gasteiger partial charge in [-0.05, 0) is 48.7 Å². The number of halogens is 1. The first kappa shape index (κ1) is 15.3. The highest BCUT2D eigenvalue weighted by molar-refractivity contribution is 6.30. The van der Waals surface area contributed by atoms with E-state index >= 15 is 0 Å². The highest BCUT2D eigenvalue weighted by Crippen LogP contribution is 2.27. The molecular formula is C16H17ClN2O2. The average Bonchev–Trinajstić information content (AvgIpc) is 2.47. The molecule has 1 heterocycles. The zero-order valence-corrected chi connectivity index (χ0v) is 12.8. The summed E-state index contributed by atoms with van der Waals surface area (Å²) in [6, 6.07) is 7.09. The predicted molar refractivity (Wildman–Crippen MR) is 83.0 cm³/mol. The first-order valence-electron chi connectivity index (χ1n) is 6.63. The third-order valence-corrected chi connectivity index (χ3v) is 3.36. The molecule has 0 saturated heterocycles. The maximum absolute atomic E-state index is 11.9. The predicted octanol–water partition coefficient (Wildman–Crippen LogP) is 3.02. The second-order valence-electron chi connectivity index (χ2n) is 4.66. The molecule has 4 nitrogen and oxygen atoms in total. The fraction of sp³-hybridized carbons (Fsp3) is 0.250. The number of benzene rings is 1. The maximum Gasteiger partial charge on any atom is 0.251 e. The molecule has 21 heavy (non-hydrogen) atoms. The minimum Gasteiger partial charge on any atom is -0.496 e. The number of methoxy groups -OCH3 is 1. The van der Waals surface area contributed by atoms with E-state index in [0.29, 0.717) is 23.6 Å². The largest absolute Gasteiger partial charge is 0.496 e. The molecule has 0 unspecified atom stereocenters. The normalized spacial score (nSPS) is 10.2. The van der Waals surface area contributed by atoms with Crippen molar-refractivity contribution in [1.82, 2.24) is 10.3 Å². The van der Waals surface area contributed by atoms with E-state index in [4.69, 9.17) is 16.3 Å². The van der Waals surface area contributed by atoms with Crippen LogP contribution in [0.25, 0.3) is 0 Å². The highest BCUT2D eigenvalue weighted by atomic mass is 35.5. The third kappa shape index (κ3) is 3.95. The molecule has 0 aliphatic carbocycles. The standard InChI is InChI=1S/C16H17ClN2O2/c1-11-9-14(17)10-13(15(11)21-2)5-8-19-16(20)12-3-6-18-7-4-12/h3-4,6-7,9-10H,5,8H2,1-2H3,(H,19,20). The van der Waals surface area contributed by atoms with Gasteiger partial charge in [0, 0.05) is 29.5 Å². The number of rotatable bonds is 5. The van der Waals surface area contributed by atoms with Crippen molar-refractivity contribution in [3.05, 3.63) is 58.4 Å². The lowest BCUT2D eigenvalue weighted by Gasteiger charge is -2.12. The lowest BCUT2D eigenvalue weighted by Crippen LogP contribution is -2.25. The fourth-order valence-corrected chi connectivity index (χ4v) is 2.49. The molecule has 5 heteroatoms. The number of nitrogens with zero attached hydrogens (tertiary/aromatic N) is 1. The molecule has 1 amide bonds. The summed E-state index contributed by atoms with van der Waals surface area (Å²) >= 11 is 6.07. The number of nitrogens with one attached hydrogen (secondary N) is 1. The lowest BCUT2D eigenvalue weighted by molar-refractivity contribution is 0.0954. The van der Waals surface area contributed by atoms with E-state index in [1.807, 2.05) is 19.1 Å². The van der Waals surface area contributed by atoms with Crippen molar-refractivity contribution in [3.8, 4) is 5.75 Å². The second kappa shape index (κ2) is 7.09. The molecule has 2 rings (SSSR count). The SMILES string of the molecule is COc1c(C)cc(Cl)cc1CCNC(=O)c1ccncc1. The fourth-order valence-electron chi connectivity index (χ4n) is 2.19. The van der Waals surface area contributed by atoms with Crippen LogP contribution in [-0.4, -0.2) is 24.5 Å². The Morgan fingerprint density at radius 1 is 1.33 bits per heavy atom. The van der Waals surface area contributed by atoms with Crippen molar-refractivity contribution >= 4 is 17.5 Å². The van der Waals surface area contributed by atoms with E-state index < -0.39 is 0 Å². The summed E-state index contributed by atoms with van der Waals surface area (Å²) in [5, 5.41) is 3.54. The Kier molecular flexibility index (Phi) is 5.17. The Hall–Kier alpha value is -2.07. The van der Waals surface area contributed by atoms with Gasteiger partial charge in [-0.25, -0.2) is 0 Å². The van der Waals surface area contributed by atoms with E-state index in [1.165, 1.54) is 0 Å². The first-order chi connectivity index (χ1) is 10.1. The van der Waals surface area contributed by atoms with Gasteiger partial charge in [-0.15, -0.1) is 0 Å². The van der Waals surface area contributed by atoms with E-state index in [-0.39, 0.29) is 5.91 Å². The van der Waals surface area contributed by atoms with Crippen molar-refractivity contribution in [3.63, 3.8) is 0 Å². The number of hydrogen-bond acceptors (Lipinski definition) is 3. The third-order valence-electron chi connectivity index (χ3n) is 3.14. The minimum absolute atomic E-state index is 0.116. The van der Waals surface area contributed by atoms with E-state index in [1.54, 1.807) is 31.6 Å². The molecule has 0 saturated carbocycles. The molecule has 0 spiro atoms. The number of aromatic nitrogens is 1. The molecule has 1 aromatic heterocycles. The number of aryl methyl sites for hydroxylation is 1. The molecule has 0 aliphatic rings. The van der Waals surface area contributed by atoms with Gasteiger partial charge in [0.2, 0.25) is 0 Å². The van der Waals surface area contributed by atoms with Crippen LogP contribution < -0.4 is 10.1 Å². The van der Waals surface area contributed by atoms with E-state index in [9.17, 15) is 4.79 Å². The molecule has 2 aromatic rings. The number of amides is 1. The van der Waals surface area contributed by atoms with Crippen molar-refractivity contribution in [2.24, 2.45) is 0 Å². The van der Waals surface area contributed by atoms with E-state index in [0.717, 1.165) is 16.9 Å². The molecule has 110 valence electrons. The quantitative estimate of drug-likeness (QED) is 0.924. The monoisotopic (exact) mass is 304 g/mol. The molecule has 0 fully saturated rings. The molecule has 1 aromatic carbocycles. The summed E-state index contributed by atoms with van der Waals surface area (Å²) in [7, 11) is 1.63. The summed E-state index contributed by atoms with van der Waals surface area (Å²) < 4.78 is 5.39. The Balaban J connectivity index is 1.99. The summed E-state index contributed by atoms with van der Waals surface area (Å²) in [6.45, 7) is 2.46. The summed E-state index contributed by atoms with van der Waals surface area (Å²) in [5.74, 6) is 0.702. The summed E-state index contributed by atoms with van der Waals surface area (Å²) in [4.78, 5) is 15.8. The Morgan fingerprint density at radius 3 is 2.71 bits per heavy atom. The minimum atomic E-state index is -0.116. The molecule has 0 radical (unpaired) electrons. The summed E-state index contributed by atoms with van der Waals surface area (Å²) in [6.07, 6.45) is 3.85. The second-order valence-corrected chi connectivity index (χ2v) is 5.09. The molecular weight excluding hydrogens is 288 g/mol. The average molecular weight is 305 g/mol. The van der Waals surface area contributed by atoms with Crippen LogP contribution in [0.4, 0.5) is 0 Å². The summed E-state index contributed by atoms with van der Waals surface area (Å²) in [5.41, 5.74) is 2.57. The highest BCUT2D eigenvalue weighted by Gasteiger charge is 2.09. The zero-order chi connectivity index (χ0) is 15.2. The maximum atomic E-state index is 11.9. The van der Waals surface area contributed by atoms with Crippen molar-refractivity contribution in [1.29, 1.82) is 0 Å². The van der Waals surface area contributed by atoms with Gasteiger partial charge in [-0.1, -0.05) is 11.6 Å². The number of ether oxygens (including phenoxy) is 1. The van der Waals surface area contributed by atoms with Crippen LogP contribution in [-0.2, 0) is 6.42 Å². The van der Waals surface area contributed by atoms with Crippen LogP contribution in [0.3, 0.4) is 0 Å². The van der Waals surface area contributed by atoms with Crippen LogP contribution in [0.15, 0.2) is 36.7 Å². The molecule has 0 aliphatic heterocycles. The van der Waals surface area contributed by atoms with Gasteiger partial charge in [-0.2, -0.15) is 0 Å². The zero-order valence-electron chi connectivity index (χ0n) is 12.0. The van der Waals surface area contributed by atoms with Crippen LogP contribution in [0.2, 0.25) is 5.02 Å². The van der Waals surface area contributed by atoms with Gasteiger partial charge in [0.25, 0.3) is 5.91 Å². The van der Waals surface area contributed by atoms with Crippen molar-refractivity contribution < 1.29 is 9.53 Å². The molecule has 1 N–H and O–H groups in total. The number of pyridine rings is 1. The van der Waals surface area contributed by atoms with Crippen LogP contribution >= 0.6 is 11.6 Å². The van der Waals surface area contributed by atoms with Gasteiger partial charge in [0.05, 0.1) is 7.11 Å². The Morgan fingerprint density at radius 2 is 2.05 bits per heavy atom. The van der Waals surface area contributed by atoms with Gasteiger partial charge in [0.15, 0.2) is 0 Å². The van der Waals surface area contributed by atoms with E-state index in [2.05, 4.69) is 10.3 Å².